The molecule has 0 fully saturated rings. The van der Waals surface area contributed by atoms with Gasteiger partial charge in [-0.1, -0.05) is 41.1 Å². The molecule has 0 amide bonds. The molecule has 108 valence electrons. The van der Waals surface area contributed by atoms with Gasteiger partial charge in [-0.2, -0.15) is 0 Å². The van der Waals surface area contributed by atoms with E-state index in [4.69, 9.17) is 33.0 Å². The summed E-state index contributed by atoms with van der Waals surface area (Å²) >= 11 is 12.0. The van der Waals surface area contributed by atoms with Gasteiger partial charge in [-0.15, -0.1) is 0 Å². The fourth-order valence-electron chi connectivity index (χ4n) is 1.70. The molecule has 0 aliphatic rings. The summed E-state index contributed by atoms with van der Waals surface area (Å²) in [7, 11) is 0. The van der Waals surface area contributed by atoms with Crippen molar-refractivity contribution in [1.29, 1.82) is 0 Å². The first-order valence-corrected chi connectivity index (χ1v) is 7.21. The van der Waals surface area contributed by atoms with Gasteiger partial charge in [0.2, 0.25) is 0 Å². The Morgan fingerprint density at radius 3 is 2.76 bits per heavy atom. The number of aliphatic hydroxyl groups is 1. The average Bonchev–Trinajstić information content (AvgIpc) is 2.49. The number of hydrogen-bond acceptors (Lipinski definition) is 2. The zero-order valence-electron chi connectivity index (χ0n) is 11.3. The van der Waals surface area contributed by atoms with Gasteiger partial charge < -0.3 is 9.84 Å². The number of rotatable bonds is 4. The average molecular weight is 321 g/mol. The number of aliphatic hydroxyl groups excluding tert-OH is 1. The lowest BCUT2D eigenvalue weighted by molar-refractivity contribution is 0.305. The van der Waals surface area contributed by atoms with Gasteiger partial charge in [-0.25, -0.2) is 0 Å². The van der Waals surface area contributed by atoms with Gasteiger partial charge in [-0.3, -0.25) is 0 Å². The van der Waals surface area contributed by atoms with Crippen molar-refractivity contribution in [3.05, 3.63) is 63.6 Å². The molecule has 2 aromatic carbocycles. The van der Waals surface area contributed by atoms with Crippen molar-refractivity contribution in [2.24, 2.45) is 0 Å². The molecule has 1 N–H and O–H groups in total. The standard InChI is InChI=1S/C17H14Cl2O2/c18-15-7-8-17(19)14(11-15)12-21-16-6-3-5-13(10-16)4-1-2-9-20/h3,5-8,10-11,20H,2,9,12H2. The van der Waals surface area contributed by atoms with Crippen LogP contribution in [0, 0.1) is 11.8 Å². The molecule has 2 nitrogen and oxygen atoms in total. The molecule has 2 aromatic rings. The Balaban J connectivity index is 2.05. The molecule has 0 bridgehead atoms. The van der Waals surface area contributed by atoms with Gasteiger partial charge in [0.1, 0.15) is 12.4 Å². The van der Waals surface area contributed by atoms with Crippen LogP contribution in [0.25, 0.3) is 0 Å². The van der Waals surface area contributed by atoms with E-state index in [0.717, 1.165) is 11.1 Å². The highest BCUT2D eigenvalue weighted by Crippen LogP contribution is 2.22. The normalized spacial score (nSPS) is 9.86. The third-order valence-electron chi connectivity index (χ3n) is 2.71. The molecule has 0 aromatic heterocycles. The Labute approximate surface area is 134 Å². The Morgan fingerprint density at radius 2 is 1.95 bits per heavy atom. The Hall–Kier alpha value is -1.66. The highest BCUT2D eigenvalue weighted by atomic mass is 35.5. The van der Waals surface area contributed by atoms with Crippen molar-refractivity contribution in [3.63, 3.8) is 0 Å². The summed E-state index contributed by atoms with van der Waals surface area (Å²) in [6, 6.07) is 12.7. The monoisotopic (exact) mass is 320 g/mol. The van der Waals surface area contributed by atoms with Crippen LogP contribution in [0.1, 0.15) is 17.5 Å². The highest BCUT2D eigenvalue weighted by molar-refractivity contribution is 6.33. The number of hydrogen-bond donors (Lipinski definition) is 1. The van der Waals surface area contributed by atoms with Crippen molar-refractivity contribution in [2.45, 2.75) is 13.0 Å². The SMILES string of the molecule is OCCC#Cc1cccc(OCc2cc(Cl)ccc2Cl)c1. The Kier molecular flexibility index (Phi) is 5.95. The number of halogens is 2. The van der Waals surface area contributed by atoms with Gasteiger partial charge >= 0.3 is 0 Å². The molecular formula is C17H14Cl2O2. The van der Waals surface area contributed by atoms with E-state index in [1.807, 2.05) is 24.3 Å². The van der Waals surface area contributed by atoms with Crippen molar-refractivity contribution in [2.75, 3.05) is 6.61 Å². The minimum absolute atomic E-state index is 0.0659. The van der Waals surface area contributed by atoms with Gasteiger partial charge in [0.15, 0.2) is 0 Å². The van der Waals surface area contributed by atoms with E-state index < -0.39 is 0 Å². The Bertz CT molecular complexity index is 672. The summed E-state index contributed by atoms with van der Waals surface area (Å²) in [6.07, 6.45) is 0.462. The largest absolute Gasteiger partial charge is 0.489 e. The van der Waals surface area contributed by atoms with Crippen LogP contribution in [0.5, 0.6) is 5.75 Å². The molecule has 0 saturated heterocycles. The quantitative estimate of drug-likeness (QED) is 0.851. The smallest absolute Gasteiger partial charge is 0.121 e. The van der Waals surface area contributed by atoms with Crippen LogP contribution in [0.2, 0.25) is 10.0 Å². The van der Waals surface area contributed by atoms with Crippen LogP contribution < -0.4 is 4.74 Å². The summed E-state index contributed by atoms with van der Waals surface area (Å²) < 4.78 is 5.71. The molecule has 0 radical (unpaired) electrons. The molecule has 0 saturated carbocycles. The third-order valence-corrected chi connectivity index (χ3v) is 3.31. The van der Waals surface area contributed by atoms with E-state index in [1.54, 1.807) is 18.2 Å². The van der Waals surface area contributed by atoms with Crippen LogP contribution in [-0.4, -0.2) is 11.7 Å². The molecule has 0 unspecified atom stereocenters. The number of ether oxygens (including phenoxy) is 1. The second-order valence-corrected chi connectivity index (χ2v) is 5.17. The zero-order valence-corrected chi connectivity index (χ0v) is 12.8. The molecular weight excluding hydrogens is 307 g/mol. The van der Waals surface area contributed by atoms with E-state index in [-0.39, 0.29) is 6.61 Å². The van der Waals surface area contributed by atoms with Crippen LogP contribution >= 0.6 is 23.2 Å². The molecule has 0 heterocycles. The maximum atomic E-state index is 8.71. The minimum atomic E-state index is 0.0659. The maximum Gasteiger partial charge on any atom is 0.121 e. The minimum Gasteiger partial charge on any atom is -0.489 e. The first kappa shape index (κ1) is 15.7. The van der Waals surface area contributed by atoms with Gasteiger partial charge in [-0.05, 0) is 36.4 Å². The van der Waals surface area contributed by atoms with Crippen LogP contribution in [0.3, 0.4) is 0 Å². The summed E-state index contributed by atoms with van der Waals surface area (Å²) in [6.45, 7) is 0.406. The number of benzene rings is 2. The van der Waals surface area contributed by atoms with E-state index >= 15 is 0 Å². The predicted octanol–water partition coefficient (Wildman–Crippen LogP) is 4.31. The molecule has 0 aliphatic carbocycles. The van der Waals surface area contributed by atoms with E-state index in [9.17, 15) is 0 Å². The van der Waals surface area contributed by atoms with Crippen LogP contribution in [-0.2, 0) is 6.61 Å². The van der Waals surface area contributed by atoms with E-state index in [1.165, 1.54) is 0 Å². The maximum absolute atomic E-state index is 8.71. The van der Waals surface area contributed by atoms with Crippen LogP contribution in [0.15, 0.2) is 42.5 Å². The second-order valence-electron chi connectivity index (χ2n) is 4.33. The van der Waals surface area contributed by atoms with Crippen molar-refractivity contribution < 1.29 is 9.84 Å². The summed E-state index contributed by atoms with van der Waals surface area (Å²) in [4.78, 5) is 0. The summed E-state index contributed by atoms with van der Waals surface area (Å²) in [5.74, 6) is 6.55. The molecule has 0 aliphatic heterocycles. The van der Waals surface area contributed by atoms with Gasteiger partial charge in [0, 0.05) is 27.6 Å². The van der Waals surface area contributed by atoms with Gasteiger partial charge in [0.05, 0.1) is 6.61 Å². The third kappa shape index (κ3) is 4.99. The fourth-order valence-corrected chi connectivity index (χ4v) is 2.07. The van der Waals surface area contributed by atoms with Crippen molar-refractivity contribution >= 4 is 23.2 Å². The lowest BCUT2D eigenvalue weighted by Gasteiger charge is -2.08. The first-order chi connectivity index (χ1) is 10.2. The topological polar surface area (TPSA) is 29.5 Å². The van der Waals surface area contributed by atoms with Gasteiger partial charge in [0.25, 0.3) is 0 Å². The zero-order chi connectivity index (χ0) is 15.1. The molecule has 2 rings (SSSR count). The van der Waals surface area contributed by atoms with E-state index in [2.05, 4.69) is 11.8 Å². The van der Waals surface area contributed by atoms with Crippen molar-refractivity contribution in [1.82, 2.24) is 0 Å². The first-order valence-electron chi connectivity index (χ1n) is 6.45. The molecule has 4 heteroatoms. The summed E-state index contributed by atoms with van der Waals surface area (Å²) in [5, 5.41) is 9.96. The Morgan fingerprint density at radius 1 is 1.10 bits per heavy atom. The predicted molar refractivity (Wildman–Crippen MR) is 85.8 cm³/mol. The van der Waals surface area contributed by atoms with Crippen molar-refractivity contribution in [3.8, 4) is 17.6 Å². The lowest BCUT2D eigenvalue weighted by atomic mass is 10.2. The van der Waals surface area contributed by atoms with Crippen LogP contribution in [0.4, 0.5) is 0 Å². The second kappa shape index (κ2) is 7.95. The summed E-state index contributed by atoms with van der Waals surface area (Å²) in [5.41, 5.74) is 1.68. The highest BCUT2D eigenvalue weighted by Gasteiger charge is 2.03. The fraction of sp³-hybridized carbons (Fsp3) is 0.176. The molecule has 0 atom stereocenters. The molecule has 0 spiro atoms. The van der Waals surface area contributed by atoms with E-state index in [0.29, 0.717) is 28.8 Å². The molecule has 21 heavy (non-hydrogen) atoms. The lowest BCUT2D eigenvalue weighted by Crippen LogP contribution is -1.96.